The van der Waals surface area contributed by atoms with Crippen molar-refractivity contribution in [1.29, 1.82) is 0 Å². The molecule has 0 saturated carbocycles. The van der Waals surface area contributed by atoms with E-state index in [9.17, 15) is 9.59 Å². The highest BCUT2D eigenvalue weighted by Crippen LogP contribution is 2.19. The summed E-state index contributed by atoms with van der Waals surface area (Å²) in [4.78, 5) is 22.6. The molecule has 0 radical (unpaired) electrons. The molecule has 5 nitrogen and oxygen atoms in total. The molecular formula is C12H11NO4. The second-order valence-corrected chi connectivity index (χ2v) is 3.43. The number of rotatable bonds is 3. The van der Waals surface area contributed by atoms with Crippen molar-refractivity contribution in [1.82, 2.24) is 0 Å². The van der Waals surface area contributed by atoms with E-state index < -0.39 is 5.91 Å². The van der Waals surface area contributed by atoms with Crippen LogP contribution in [0, 0.1) is 0 Å². The Bertz CT molecular complexity index is 630. The lowest BCUT2D eigenvalue weighted by atomic mass is 10.2. The third-order valence-electron chi connectivity index (χ3n) is 2.25. The second-order valence-electron chi connectivity index (χ2n) is 3.43. The smallest absolute Gasteiger partial charge is 0.284 e. The van der Waals surface area contributed by atoms with E-state index in [-0.39, 0.29) is 16.8 Å². The summed E-state index contributed by atoms with van der Waals surface area (Å²) < 4.78 is 10.5. The number of carbonyl (C=O) groups is 1. The van der Waals surface area contributed by atoms with Crippen LogP contribution in [0.3, 0.4) is 0 Å². The Morgan fingerprint density at radius 1 is 1.41 bits per heavy atom. The summed E-state index contributed by atoms with van der Waals surface area (Å²) >= 11 is 0. The molecule has 2 aromatic rings. The SMILES string of the molecule is CCOc1ccc2c(=O)cc(C(N)=O)oc2c1. The average Bonchev–Trinajstić information content (AvgIpc) is 2.28. The number of benzene rings is 1. The number of primary amides is 1. The van der Waals surface area contributed by atoms with Gasteiger partial charge in [-0.05, 0) is 19.1 Å². The van der Waals surface area contributed by atoms with Crippen molar-refractivity contribution in [2.75, 3.05) is 6.61 Å². The maximum Gasteiger partial charge on any atom is 0.284 e. The third-order valence-corrected chi connectivity index (χ3v) is 2.25. The van der Waals surface area contributed by atoms with Gasteiger partial charge < -0.3 is 14.9 Å². The maximum atomic E-state index is 11.7. The van der Waals surface area contributed by atoms with Crippen molar-refractivity contribution in [3.8, 4) is 5.75 Å². The molecular weight excluding hydrogens is 222 g/mol. The number of hydrogen-bond donors (Lipinski definition) is 1. The normalized spacial score (nSPS) is 10.4. The summed E-state index contributed by atoms with van der Waals surface area (Å²) in [7, 11) is 0. The summed E-state index contributed by atoms with van der Waals surface area (Å²) in [6.07, 6.45) is 0. The van der Waals surface area contributed by atoms with Crippen LogP contribution < -0.4 is 15.9 Å². The lowest BCUT2D eigenvalue weighted by Gasteiger charge is -2.04. The first-order valence-electron chi connectivity index (χ1n) is 5.12. The lowest BCUT2D eigenvalue weighted by molar-refractivity contribution is 0.0974. The number of ether oxygens (including phenoxy) is 1. The van der Waals surface area contributed by atoms with Crippen molar-refractivity contribution < 1.29 is 13.9 Å². The zero-order valence-corrected chi connectivity index (χ0v) is 9.23. The molecule has 0 spiro atoms. The zero-order valence-electron chi connectivity index (χ0n) is 9.23. The van der Waals surface area contributed by atoms with Gasteiger partial charge in [-0.2, -0.15) is 0 Å². The van der Waals surface area contributed by atoms with Gasteiger partial charge >= 0.3 is 0 Å². The second kappa shape index (κ2) is 4.29. The van der Waals surface area contributed by atoms with Crippen LogP contribution in [0.2, 0.25) is 0 Å². The van der Waals surface area contributed by atoms with Crippen molar-refractivity contribution in [3.63, 3.8) is 0 Å². The Morgan fingerprint density at radius 3 is 2.82 bits per heavy atom. The molecule has 0 fully saturated rings. The fourth-order valence-corrected chi connectivity index (χ4v) is 1.51. The molecule has 2 rings (SSSR count). The highest BCUT2D eigenvalue weighted by Gasteiger charge is 2.09. The number of nitrogens with two attached hydrogens (primary N) is 1. The fraction of sp³-hybridized carbons (Fsp3) is 0.167. The number of hydrogen-bond acceptors (Lipinski definition) is 4. The molecule has 1 amide bonds. The summed E-state index contributed by atoms with van der Waals surface area (Å²) in [6.45, 7) is 2.35. The molecule has 1 heterocycles. The Labute approximate surface area is 96.8 Å². The van der Waals surface area contributed by atoms with Crippen LogP contribution >= 0.6 is 0 Å². The lowest BCUT2D eigenvalue weighted by Crippen LogP contribution is -2.14. The Balaban J connectivity index is 2.66. The van der Waals surface area contributed by atoms with Crippen molar-refractivity contribution in [3.05, 3.63) is 40.2 Å². The molecule has 0 atom stereocenters. The maximum absolute atomic E-state index is 11.7. The fourth-order valence-electron chi connectivity index (χ4n) is 1.51. The van der Waals surface area contributed by atoms with E-state index in [1.54, 1.807) is 18.2 Å². The van der Waals surface area contributed by atoms with Gasteiger partial charge in [0.05, 0.1) is 12.0 Å². The van der Waals surface area contributed by atoms with Crippen molar-refractivity contribution >= 4 is 16.9 Å². The summed E-state index contributed by atoms with van der Waals surface area (Å²) in [5.74, 6) is -0.355. The molecule has 0 aliphatic rings. The summed E-state index contributed by atoms with van der Waals surface area (Å²) in [5, 5.41) is 0.387. The molecule has 88 valence electrons. The average molecular weight is 233 g/mol. The molecule has 17 heavy (non-hydrogen) atoms. The van der Waals surface area contributed by atoms with Crippen molar-refractivity contribution in [2.45, 2.75) is 6.92 Å². The Hall–Kier alpha value is -2.30. The summed E-state index contributed by atoms with van der Waals surface area (Å²) in [6, 6.07) is 5.92. The largest absolute Gasteiger partial charge is 0.494 e. The van der Waals surface area contributed by atoms with Gasteiger partial charge in [-0.1, -0.05) is 0 Å². The molecule has 0 unspecified atom stereocenters. The van der Waals surface area contributed by atoms with Crippen LogP contribution in [-0.4, -0.2) is 12.5 Å². The van der Waals surface area contributed by atoms with Crippen LogP contribution in [0.5, 0.6) is 5.75 Å². The standard InChI is InChI=1S/C12H11NO4/c1-2-16-7-3-4-8-9(14)6-11(12(13)15)17-10(8)5-7/h3-6H,2H2,1H3,(H2,13,15). The number of amides is 1. The van der Waals surface area contributed by atoms with Gasteiger partial charge in [0.1, 0.15) is 11.3 Å². The minimum Gasteiger partial charge on any atom is -0.494 e. The van der Waals surface area contributed by atoms with Gasteiger partial charge in [0.15, 0.2) is 11.2 Å². The predicted octanol–water partition coefficient (Wildman–Crippen LogP) is 1.29. The van der Waals surface area contributed by atoms with E-state index >= 15 is 0 Å². The molecule has 0 saturated heterocycles. The minimum atomic E-state index is -0.772. The quantitative estimate of drug-likeness (QED) is 0.865. The number of fused-ring (bicyclic) bond motifs is 1. The van der Waals surface area contributed by atoms with Crippen LogP contribution in [0.4, 0.5) is 0 Å². The molecule has 0 aliphatic heterocycles. The van der Waals surface area contributed by atoms with Crippen molar-refractivity contribution in [2.24, 2.45) is 5.73 Å². The van der Waals surface area contributed by atoms with E-state index in [1.807, 2.05) is 6.92 Å². The third kappa shape index (κ3) is 2.13. The summed E-state index contributed by atoms with van der Waals surface area (Å²) in [5.41, 5.74) is 5.05. The Kier molecular flexibility index (Phi) is 2.82. The molecule has 0 bridgehead atoms. The molecule has 2 N–H and O–H groups in total. The first-order chi connectivity index (χ1) is 8.11. The van der Waals surface area contributed by atoms with Crippen LogP contribution in [0.1, 0.15) is 17.5 Å². The van der Waals surface area contributed by atoms with Crippen LogP contribution in [-0.2, 0) is 0 Å². The predicted molar refractivity (Wildman–Crippen MR) is 62.2 cm³/mol. The van der Waals surface area contributed by atoms with Crippen LogP contribution in [0.15, 0.2) is 33.5 Å². The highest BCUT2D eigenvalue weighted by atomic mass is 16.5. The zero-order chi connectivity index (χ0) is 12.4. The van der Waals surface area contributed by atoms with Gasteiger partial charge in [0, 0.05) is 12.1 Å². The minimum absolute atomic E-state index is 0.156. The molecule has 1 aromatic carbocycles. The van der Waals surface area contributed by atoms with E-state index in [1.165, 1.54) is 0 Å². The first kappa shape index (κ1) is 11.2. The number of carbonyl (C=O) groups excluding carboxylic acids is 1. The van der Waals surface area contributed by atoms with Crippen LogP contribution in [0.25, 0.3) is 11.0 Å². The van der Waals surface area contributed by atoms with E-state index in [2.05, 4.69) is 0 Å². The van der Waals surface area contributed by atoms with Gasteiger partial charge in [-0.3, -0.25) is 9.59 Å². The van der Waals surface area contributed by atoms with E-state index in [0.717, 1.165) is 6.07 Å². The Morgan fingerprint density at radius 2 is 2.18 bits per heavy atom. The van der Waals surface area contributed by atoms with Gasteiger partial charge in [-0.15, -0.1) is 0 Å². The van der Waals surface area contributed by atoms with E-state index in [4.69, 9.17) is 14.9 Å². The molecule has 5 heteroatoms. The van der Waals surface area contributed by atoms with Gasteiger partial charge in [0.2, 0.25) is 0 Å². The monoisotopic (exact) mass is 233 g/mol. The first-order valence-corrected chi connectivity index (χ1v) is 5.12. The van der Waals surface area contributed by atoms with E-state index in [0.29, 0.717) is 17.7 Å². The van der Waals surface area contributed by atoms with Gasteiger partial charge in [0.25, 0.3) is 5.91 Å². The van der Waals surface area contributed by atoms with Gasteiger partial charge in [-0.25, -0.2) is 0 Å². The topological polar surface area (TPSA) is 82.5 Å². The molecule has 1 aromatic heterocycles. The molecule has 0 aliphatic carbocycles. The highest BCUT2D eigenvalue weighted by molar-refractivity contribution is 5.91.